The minimum absolute atomic E-state index is 0.126. The maximum atomic E-state index is 12.1. The quantitative estimate of drug-likeness (QED) is 0.786. The van der Waals surface area contributed by atoms with Crippen molar-refractivity contribution in [1.29, 1.82) is 0 Å². The van der Waals surface area contributed by atoms with Crippen LogP contribution in [-0.2, 0) is 9.53 Å². The SMILES string of the molecule is Cc1cc(Br)c(NC(=O)COC(=O)c2ccc3c(c2)OCO3)cc1C. The van der Waals surface area contributed by atoms with Crippen molar-refractivity contribution in [1.82, 2.24) is 0 Å². The van der Waals surface area contributed by atoms with Crippen LogP contribution in [0.4, 0.5) is 5.69 Å². The first-order valence-electron chi connectivity index (χ1n) is 7.57. The summed E-state index contributed by atoms with van der Waals surface area (Å²) in [5, 5.41) is 2.72. The molecule has 130 valence electrons. The van der Waals surface area contributed by atoms with Crippen LogP contribution < -0.4 is 14.8 Å². The molecular formula is C18H16BrNO5. The molecule has 0 bridgehead atoms. The van der Waals surface area contributed by atoms with Crippen LogP contribution in [0.5, 0.6) is 11.5 Å². The number of carbonyl (C=O) groups excluding carboxylic acids is 2. The molecule has 25 heavy (non-hydrogen) atoms. The fourth-order valence-corrected chi connectivity index (χ4v) is 2.86. The molecule has 6 nitrogen and oxygen atoms in total. The number of halogens is 1. The number of esters is 1. The van der Waals surface area contributed by atoms with Crippen molar-refractivity contribution in [2.24, 2.45) is 0 Å². The molecule has 1 heterocycles. The molecule has 0 saturated carbocycles. The third kappa shape index (κ3) is 3.93. The highest BCUT2D eigenvalue weighted by Gasteiger charge is 2.18. The van der Waals surface area contributed by atoms with Gasteiger partial charge in [0, 0.05) is 4.47 Å². The number of fused-ring (bicyclic) bond motifs is 1. The first kappa shape index (κ1) is 17.3. The van der Waals surface area contributed by atoms with E-state index in [0.29, 0.717) is 22.7 Å². The molecule has 3 rings (SSSR count). The van der Waals surface area contributed by atoms with Gasteiger partial charge in [-0.2, -0.15) is 0 Å². The van der Waals surface area contributed by atoms with E-state index in [4.69, 9.17) is 14.2 Å². The number of nitrogens with one attached hydrogen (secondary N) is 1. The second-order valence-electron chi connectivity index (χ2n) is 5.61. The van der Waals surface area contributed by atoms with Crippen LogP contribution in [0.15, 0.2) is 34.8 Å². The van der Waals surface area contributed by atoms with E-state index in [-0.39, 0.29) is 13.4 Å². The van der Waals surface area contributed by atoms with Gasteiger partial charge in [-0.25, -0.2) is 4.79 Å². The second-order valence-corrected chi connectivity index (χ2v) is 6.46. The Morgan fingerprint density at radius 1 is 1.12 bits per heavy atom. The van der Waals surface area contributed by atoms with E-state index in [1.54, 1.807) is 12.1 Å². The number of anilines is 1. The van der Waals surface area contributed by atoms with Crippen molar-refractivity contribution in [2.45, 2.75) is 13.8 Å². The fourth-order valence-electron chi connectivity index (χ4n) is 2.30. The molecule has 1 aliphatic heterocycles. The molecule has 0 spiro atoms. The van der Waals surface area contributed by atoms with Crippen LogP contribution in [0.1, 0.15) is 21.5 Å². The standard InChI is InChI=1S/C18H16BrNO5/c1-10-5-13(19)14(6-11(10)2)20-17(21)8-23-18(22)12-3-4-15-16(7-12)25-9-24-15/h3-7H,8-9H2,1-2H3,(H,20,21). The third-order valence-electron chi connectivity index (χ3n) is 3.80. The summed E-state index contributed by atoms with van der Waals surface area (Å²) in [4.78, 5) is 24.1. The van der Waals surface area contributed by atoms with E-state index >= 15 is 0 Å². The molecule has 0 radical (unpaired) electrons. The van der Waals surface area contributed by atoms with Gasteiger partial charge in [-0.05, 0) is 71.2 Å². The lowest BCUT2D eigenvalue weighted by Gasteiger charge is -2.11. The predicted octanol–water partition coefficient (Wildman–Crippen LogP) is 3.59. The molecule has 2 aromatic rings. The Kier molecular flexibility index (Phi) is 4.94. The zero-order valence-electron chi connectivity index (χ0n) is 13.7. The van der Waals surface area contributed by atoms with Crippen LogP contribution in [-0.4, -0.2) is 25.3 Å². The summed E-state index contributed by atoms with van der Waals surface area (Å²) in [6.07, 6.45) is 0. The number of carbonyl (C=O) groups is 2. The summed E-state index contributed by atoms with van der Waals surface area (Å²) in [5.41, 5.74) is 3.09. The van der Waals surface area contributed by atoms with Crippen molar-refractivity contribution < 1.29 is 23.8 Å². The smallest absolute Gasteiger partial charge is 0.338 e. The Morgan fingerprint density at radius 2 is 1.84 bits per heavy atom. The number of amides is 1. The first-order valence-corrected chi connectivity index (χ1v) is 8.36. The highest BCUT2D eigenvalue weighted by Crippen LogP contribution is 2.32. The Balaban J connectivity index is 1.59. The lowest BCUT2D eigenvalue weighted by molar-refractivity contribution is -0.119. The highest BCUT2D eigenvalue weighted by atomic mass is 79.9. The minimum Gasteiger partial charge on any atom is -0.454 e. The Hall–Kier alpha value is -2.54. The van der Waals surface area contributed by atoms with Gasteiger partial charge >= 0.3 is 5.97 Å². The van der Waals surface area contributed by atoms with Crippen molar-refractivity contribution >= 4 is 33.5 Å². The zero-order valence-corrected chi connectivity index (χ0v) is 15.3. The molecular weight excluding hydrogens is 390 g/mol. The van der Waals surface area contributed by atoms with Gasteiger partial charge < -0.3 is 19.5 Å². The summed E-state index contributed by atoms with van der Waals surface area (Å²) in [5.74, 6) is 0.0393. The zero-order chi connectivity index (χ0) is 18.0. The number of hydrogen-bond acceptors (Lipinski definition) is 5. The summed E-state index contributed by atoms with van der Waals surface area (Å²) >= 11 is 3.41. The van der Waals surface area contributed by atoms with E-state index in [9.17, 15) is 9.59 Å². The number of benzene rings is 2. The number of ether oxygens (including phenoxy) is 3. The van der Waals surface area contributed by atoms with Crippen LogP contribution in [0.2, 0.25) is 0 Å². The molecule has 0 aliphatic carbocycles. The maximum Gasteiger partial charge on any atom is 0.338 e. The van der Waals surface area contributed by atoms with Gasteiger partial charge in [-0.1, -0.05) is 0 Å². The summed E-state index contributed by atoms with van der Waals surface area (Å²) in [7, 11) is 0. The number of rotatable bonds is 4. The maximum absolute atomic E-state index is 12.1. The van der Waals surface area contributed by atoms with Gasteiger partial charge in [-0.3, -0.25) is 4.79 Å². The Bertz CT molecular complexity index is 850. The second kappa shape index (κ2) is 7.14. The molecule has 2 aromatic carbocycles. The molecule has 1 N–H and O–H groups in total. The predicted molar refractivity (Wildman–Crippen MR) is 95.1 cm³/mol. The largest absolute Gasteiger partial charge is 0.454 e. The van der Waals surface area contributed by atoms with E-state index in [0.717, 1.165) is 15.6 Å². The van der Waals surface area contributed by atoms with Gasteiger partial charge in [0.1, 0.15) is 0 Å². The van der Waals surface area contributed by atoms with Crippen LogP contribution in [0, 0.1) is 13.8 Å². The van der Waals surface area contributed by atoms with Gasteiger partial charge in [0.25, 0.3) is 5.91 Å². The fraction of sp³-hybridized carbons (Fsp3) is 0.222. The Morgan fingerprint density at radius 3 is 2.64 bits per heavy atom. The monoisotopic (exact) mass is 405 g/mol. The van der Waals surface area contributed by atoms with Gasteiger partial charge in [0.05, 0.1) is 11.3 Å². The Labute approximate surface area is 153 Å². The highest BCUT2D eigenvalue weighted by molar-refractivity contribution is 9.10. The lowest BCUT2D eigenvalue weighted by Crippen LogP contribution is -2.21. The van der Waals surface area contributed by atoms with Gasteiger partial charge in [0.2, 0.25) is 6.79 Å². The molecule has 0 aromatic heterocycles. The van der Waals surface area contributed by atoms with E-state index in [2.05, 4.69) is 21.2 Å². The van der Waals surface area contributed by atoms with Crippen molar-refractivity contribution in [3.8, 4) is 11.5 Å². The number of aryl methyl sites for hydroxylation is 2. The van der Waals surface area contributed by atoms with Gasteiger partial charge in [0.15, 0.2) is 18.1 Å². The average molecular weight is 406 g/mol. The molecule has 0 unspecified atom stereocenters. The molecule has 1 amide bonds. The average Bonchev–Trinajstić information content (AvgIpc) is 3.05. The topological polar surface area (TPSA) is 73.9 Å². The van der Waals surface area contributed by atoms with E-state index in [1.807, 2.05) is 26.0 Å². The van der Waals surface area contributed by atoms with Crippen LogP contribution in [0.3, 0.4) is 0 Å². The van der Waals surface area contributed by atoms with Gasteiger partial charge in [-0.15, -0.1) is 0 Å². The van der Waals surface area contributed by atoms with Crippen molar-refractivity contribution in [3.63, 3.8) is 0 Å². The molecule has 0 saturated heterocycles. The molecule has 1 aliphatic rings. The van der Waals surface area contributed by atoms with E-state index in [1.165, 1.54) is 6.07 Å². The minimum atomic E-state index is -0.604. The first-order chi connectivity index (χ1) is 11.9. The lowest BCUT2D eigenvalue weighted by atomic mass is 10.1. The van der Waals surface area contributed by atoms with Crippen molar-refractivity contribution in [2.75, 3.05) is 18.7 Å². The normalized spacial score (nSPS) is 12.0. The van der Waals surface area contributed by atoms with Crippen LogP contribution >= 0.6 is 15.9 Å². The summed E-state index contributed by atoms with van der Waals surface area (Å²) < 4.78 is 16.2. The molecule has 0 atom stereocenters. The van der Waals surface area contributed by atoms with Crippen molar-refractivity contribution in [3.05, 3.63) is 51.5 Å². The summed E-state index contributed by atoms with van der Waals surface area (Å²) in [6, 6.07) is 8.50. The number of hydrogen-bond donors (Lipinski definition) is 1. The molecule has 0 fully saturated rings. The van der Waals surface area contributed by atoms with Crippen LogP contribution in [0.25, 0.3) is 0 Å². The van der Waals surface area contributed by atoms with E-state index < -0.39 is 11.9 Å². The third-order valence-corrected chi connectivity index (χ3v) is 4.46. The molecule has 7 heteroatoms. The summed E-state index contributed by atoms with van der Waals surface area (Å²) in [6.45, 7) is 3.68.